The molecule has 2 nitrogen and oxygen atoms in total. The van der Waals surface area contributed by atoms with Crippen LogP contribution in [0.2, 0.25) is 0 Å². The average Bonchev–Trinajstić information content (AvgIpc) is 2.22. The van der Waals surface area contributed by atoms with E-state index in [9.17, 15) is 4.39 Å². The van der Waals surface area contributed by atoms with E-state index in [0.717, 1.165) is 25.2 Å². The molecule has 0 saturated carbocycles. The zero-order valence-electron chi connectivity index (χ0n) is 9.26. The molecule has 2 rings (SSSR count). The lowest BCUT2D eigenvalue weighted by Crippen LogP contribution is -2.43. The Balaban J connectivity index is 2.18. The minimum Gasteiger partial charge on any atom is -0.308 e. The number of aryl methyl sites for hydroxylation is 1. The summed E-state index contributed by atoms with van der Waals surface area (Å²) < 4.78 is 13.1. The van der Waals surface area contributed by atoms with Gasteiger partial charge in [-0.25, -0.2) is 4.39 Å². The SMILES string of the molecule is Cc1cc(C2CN(C)CCN2)ccc1F. The lowest BCUT2D eigenvalue weighted by atomic mass is 10.0. The van der Waals surface area contributed by atoms with Crippen LogP contribution in [-0.4, -0.2) is 31.6 Å². The second-order valence-electron chi connectivity index (χ2n) is 4.28. The third-order valence-corrected chi connectivity index (χ3v) is 2.96. The van der Waals surface area contributed by atoms with Crippen LogP contribution in [-0.2, 0) is 0 Å². The minimum absolute atomic E-state index is 0.122. The van der Waals surface area contributed by atoms with Gasteiger partial charge in [-0.05, 0) is 31.2 Å². The molecule has 1 N–H and O–H groups in total. The lowest BCUT2D eigenvalue weighted by Gasteiger charge is -2.31. The number of piperazine rings is 1. The molecule has 1 aliphatic heterocycles. The molecule has 1 heterocycles. The number of hydrogen-bond acceptors (Lipinski definition) is 2. The molecule has 0 bridgehead atoms. The Morgan fingerprint density at radius 3 is 2.93 bits per heavy atom. The number of benzene rings is 1. The van der Waals surface area contributed by atoms with Crippen molar-refractivity contribution in [3.8, 4) is 0 Å². The third-order valence-electron chi connectivity index (χ3n) is 2.96. The molecular weight excluding hydrogens is 191 g/mol. The van der Waals surface area contributed by atoms with Crippen molar-refractivity contribution in [1.29, 1.82) is 0 Å². The van der Waals surface area contributed by atoms with Crippen molar-refractivity contribution >= 4 is 0 Å². The number of hydrogen-bond donors (Lipinski definition) is 1. The van der Waals surface area contributed by atoms with Crippen LogP contribution in [0.4, 0.5) is 4.39 Å². The zero-order valence-corrected chi connectivity index (χ0v) is 9.26. The van der Waals surface area contributed by atoms with Gasteiger partial charge in [0.05, 0.1) is 0 Å². The summed E-state index contributed by atoms with van der Waals surface area (Å²) >= 11 is 0. The van der Waals surface area contributed by atoms with Gasteiger partial charge in [-0.1, -0.05) is 12.1 Å². The van der Waals surface area contributed by atoms with E-state index in [1.807, 2.05) is 19.1 Å². The minimum atomic E-state index is -0.122. The Morgan fingerprint density at radius 2 is 2.27 bits per heavy atom. The van der Waals surface area contributed by atoms with Gasteiger partial charge in [-0.15, -0.1) is 0 Å². The second-order valence-corrected chi connectivity index (χ2v) is 4.28. The van der Waals surface area contributed by atoms with E-state index in [1.54, 1.807) is 6.07 Å². The molecule has 0 radical (unpaired) electrons. The van der Waals surface area contributed by atoms with E-state index < -0.39 is 0 Å². The van der Waals surface area contributed by atoms with Gasteiger partial charge in [0, 0.05) is 25.7 Å². The van der Waals surface area contributed by atoms with Gasteiger partial charge in [0.15, 0.2) is 0 Å². The summed E-state index contributed by atoms with van der Waals surface area (Å²) in [5.41, 5.74) is 1.91. The van der Waals surface area contributed by atoms with E-state index in [4.69, 9.17) is 0 Å². The van der Waals surface area contributed by atoms with Gasteiger partial charge in [0.2, 0.25) is 0 Å². The predicted molar refractivity (Wildman–Crippen MR) is 59.4 cm³/mol. The van der Waals surface area contributed by atoms with Crippen LogP contribution in [0, 0.1) is 12.7 Å². The maximum Gasteiger partial charge on any atom is 0.126 e. The van der Waals surface area contributed by atoms with Gasteiger partial charge in [0.1, 0.15) is 5.82 Å². The van der Waals surface area contributed by atoms with Gasteiger partial charge < -0.3 is 10.2 Å². The highest BCUT2D eigenvalue weighted by Gasteiger charge is 2.18. The molecule has 1 aliphatic rings. The van der Waals surface area contributed by atoms with Crippen LogP contribution >= 0.6 is 0 Å². The molecule has 1 saturated heterocycles. The van der Waals surface area contributed by atoms with Gasteiger partial charge in [0.25, 0.3) is 0 Å². The standard InChI is InChI=1S/C12H17FN2/c1-9-7-10(3-4-11(9)13)12-8-15(2)6-5-14-12/h3-4,7,12,14H,5-6,8H2,1-2H3. The Hall–Kier alpha value is -0.930. The number of rotatable bonds is 1. The first-order valence-corrected chi connectivity index (χ1v) is 5.35. The van der Waals surface area contributed by atoms with Crippen molar-refractivity contribution in [2.75, 3.05) is 26.7 Å². The summed E-state index contributed by atoms with van der Waals surface area (Å²) in [6.07, 6.45) is 0. The molecule has 1 fully saturated rings. The summed E-state index contributed by atoms with van der Waals surface area (Å²) in [6.45, 7) is 4.88. The normalized spacial score (nSPS) is 23.0. The molecule has 1 aromatic rings. The van der Waals surface area contributed by atoms with E-state index in [-0.39, 0.29) is 5.82 Å². The predicted octanol–water partition coefficient (Wildman–Crippen LogP) is 1.71. The number of likely N-dealkylation sites (N-methyl/N-ethyl adjacent to an activating group) is 1. The van der Waals surface area contributed by atoms with E-state index in [1.165, 1.54) is 5.56 Å². The van der Waals surface area contributed by atoms with Crippen molar-refractivity contribution in [3.05, 3.63) is 35.1 Å². The van der Waals surface area contributed by atoms with Gasteiger partial charge >= 0.3 is 0 Å². The molecular formula is C12H17FN2. The summed E-state index contributed by atoms with van der Waals surface area (Å²) in [5, 5.41) is 3.45. The van der Waals surface area contributed by atoms with E-state index in [2.05, 4.69) is 17.3 Å². The van der Waals surface area contributed by atoms with Crippen LogP contribution < -0.4 is 5.32 Å². The van der Waals surface area contributed by atoms with Crippen LogP contribution in [0.3, 0.4) is 0 Å². The fourth-order valence-electron chi connectivity index (χ4n) is 2.01. The molecule has 0 spiro atoms. The summed E-state index contributed by atoms with van der Waals surface area (Å²) in [4.78, 5) is 2.29. The molecule has 1 aromatic carbocycles. The van der Waals surface area contributed by atoms with Crippen LogP contribution in [0.25, 0.3) is 0 Å². The highest BCUT2D eigenvalue weighted by Crippen LogP contribution is 2.19. The Labute approximate surface area is 90.1 Å². The fourth-order valence-corrected chi connectivity index (χ4v) is 2.01. The van der Waals surface area contributed by atoms with Crippen molar-refractivity contribution < 1.29 is 4.39 Å². The molecule has 15 heavy (non-hydrogen) atoms. The molecule has 0 aromatic heterocycles. The molecule has 3 heteroatoms. The first-order valence-electron chi connectivity index (χ1n) is 5.35. The summed E-state index contributed by atoms with van der Waals surface area (Å²) in [6, 6.07) is 5.70. The number of nitrogens with zero attached hydrogens (tertiary/aromatic N) is 1. The largest absolute Gasteiger partial charge is 0.308 e. The van der Waals surface area contributed by atoms with Crippen LogP contribution in [0.15, 0.2) is 18.2 Å². The first kappa shape index (κ1) is 10.6. The molecule has 1 unspecified atom stereocenters. The molecule has 1 atom stereocenters. The van der Waals surface area contributed by atoms with E-state index >= 15 is 0 Å². The third kappa shape index (κ3) is 2.36. The van der Waals surface area contributed by atoms with Gasteiger partial charge in [-0.2, -0.15) is 0 Å². The average molecular weight is 208 g/mol. The number of halogens is 1. The zero-order chi connectivity index (χ0) is 10.8. The topological polar surface area (TPSA) is 15.3 Å². The molecule has 0 amide bonds. The van der Waals surface area contributed by atoms with Crippen molar-refractivity contribution in [2.24, 2.45) is 0 Å². The monoisotopic (exact) mass is 208 g/mol. The molecule has 82 valence electrons. The van der Waals surface area contributed by atoms with Gasteiger partial charge in [-0.3, -0.25) is 0 Å². The van der Waals surface area contributed by atoms with Crippen molar-refractivity contribution in [2.45, 2.75) is 13.0 Å². The van der Waals surface area contributed by atoms with Crippen molar-refractivity contribution in [1.82, 2.24) is 10.2 Å². The highest BCUT2D eigenvalue weighted by molar-refractivity contribution is 5.27. The quantitative estimate of drug-likeness (QED) is 0.756. The summed E-state index contributed by atoms with van der Waals surface area (Å²) in [7, 11) is 2.12. The highest BCUT2D eigenvalue weighted by atomic mass is 19.1. The van der Waals surface area contributed by atoms with Crippen LogP contribution in [0.1, 0.15) is 17.2 Å². The first-order chi connectivity index (χ1) is 7.16. The smallest absolute Gasteiger partial charge is 0.126 e. The molecule has 0 aliphatic carbocycles. The van der Waals surface area contributed by atoms with E-state index in [0.29, 0.717) is 6.04 Å². The van der Waals surface area contributed by atoms with Crippen LogP contribution in [0.5, 0.6) is 0 Å². The maximum atomic E-state index is 13.1. The summed E-state index contributed by atoms with van der Waals surface area (Å²) in [5.74, 6) is -0.122. The maximum absolute atomic E-state index is 13.1. The Morgan fingerprint density at radius 1 is 1.47 bits per heavy atom. The van der Waals surface area contributed by atoms with Crippen molar-refractivity contribution in [3.63, 3.8) is 0 Å². The fraction of sp³-hybridized carbons (Fsp3) is 0.500. The lowest BCUT2D eigenvalue weighted by molar-refractivity contribution is 0.241. The Kier molecular flexibility index (Phi) is 3.03. The number of nitrogens with one attached hydrogen (secondary N) is 1. The second kappa shape index (κ2) is 4.29. The Bertz CT molecular complexity index is 351.